The Morgan fingerprint density at radius 2 is 1.67 bits per heavy atom. The zero-order valence-corrected chi connectivity index (χ0v) is 21.0. The molecular formula is C28H32N2O5S. The Morgan fingerprint density at radius 3 is 2.33 bits per heavy atom. The predicted molar refractivity (Wildman–Crippen MR) is 143 cm³/mol. The lowest BCUT2D eigenvalue weighted by Crippen LogP contribution is -2.41. The van der Waals surface area contributed by atoms with Crippen molar-refractivity contribution in [2.45, 2.75) is 30.9 Å². The third-order valence-corrected chi connectivity index (χ3v) is 6.57. The van der Waals surface area contributed by atoms with E-state index in [2.05, 4.69) is 12.1 Å². The van der Waals surface area contributed by atoms with Crippen LogP contribution >= 0.6 is 13.5 Å². The molecule has 0 bridgehead atoms. The second-order valence-electron chi connectivity index (χ2n) is 8.86. The number of nitrogens with zero attached hydrogens (tertiary/aromatic N) is 1. The highest BCUT2D eigenvalue weighted by Gasteiger charge is 2.39. The highest BCUT2D eigenvalue weighted by molar-refractivity contribution is 7.59. The van der Waals surface area contributed by atoms with Gasteiger partial charge in [0.25, 0.3) is 5.91 Å². The Hall–Kier alpha value is -3.33. The maximum absolute atomic E-state index is 13.1. The first kappa shape index (κ1) is 27.3. The van der Waals surface area contributed by atoms with Crippen molar-refractivity contribution in [2.24, 2.45) is 5.73 Å². The van der Waals surface area contributed by atoms with Crippen molar-refractivity contribution in [1.82, 2.24) is 4.90 Å². The number of carboxylic acids is 1. The van der Waals surface area contributed by atoms with Crippen LogP contribution in [0.25, 0.3) is 0 Å². The van der Waals surface area contributed by atoms with Gasteiger partial charge < -0.3 is 25.6 Å². The van der Waals surface area contributed by atoms with Gasteiger partial charge in [0.05, 0.1) is 0 Å². The first-order valence-corrected chi connectivity index (χ1v) is 11.7. The van der Waals surface area contributed by atoms with E-state index < -0.39 is 18.2 Å². The van der Waals surface area contributed by atoms with E-state index in [1.807, 2.05) is 17.0 Å². The maximum atomic E-state index is 13.1. The van der Waals surface area contributed by atoms with E-state index in [-0.39, 0.29) is 25.0 Å². The zero-order valence-electron chi connectivity index (χ0n) is 20.0. The van der Waals surface area contributed by atoms with Crippen molar-refractivity contribution in [3.8, 4) is 5.75 Å². The monoisotopic (exact) mass is 508 g/mol. The molecule has 1 atom stereocenters. The van der Waals surface area contributed by atoms with Crippen LogP contribution in [0.1, 0.15) is 45.8 Å². The molecule has 0 aliphatic carbocycles. The number of likely N-dealkylation sites (tertiary alicyclic amines) is 1. The molecular weight excluding hydrogens is 476 g/mol. The lowest BCUT2D eigenvalue weighted by molar-refractivity contribution is -0.163. The zero-order chi connectivity index (χ0) is 24.8. The molecule has 0 radical (unpaired) electrons. The standard InChI is InChI=1S/C28H30N2O5.H2S/c29-18-20-6-4-7-22(16-20)21-12-14-30(15-13-21)26(31)23-8-5-11-25(17-23)35-19-28(34,27(32)33)24-9-2-1-3-10-24;/h1-11,16-17,21,34H,12-15,18-19,29H2,(H,32,33);1H2/t28-;/m1./s1. The minimum Gasteiger partial charge on any atom is -0.490 e. The van der Waals surface area contributed by atoms with Crippen LogP contribution in [0, 0.1) is 0 Å². The van der Waals surface area contributed by atoms with Crippen LogP contribution < -0.4 is 10.5 Å². The fourth-order valence-corrected chi connectivity index (χ4v) is 4.46. The number of carbonyl (C=O) groups is 2. The molecule has 1 fully saturated rings. The SMILES string of the molecule is NCc1cccc(C2CCN(C(=O)c3cccc(OC[C@](O)(C(=O)O)c4ccccc4)c3)CC2)c1.S. The summed E-state index contributed by atoms with van der Waals surface area (Å²) in [5.41, 5.74) is 6.63. The van der Waals surface area contributed by atoms with Gasteiger partial charge in [-0.3, -0.25) is 4.79 Å². The third-order valence-electron chi connectivity index (χ3n) is 6.57. The Balaban J connectivity index is 0.00000361. The number of piperidine rings is 1. The molecule has 1 aliphatic rings. The normalized spacial score (nSPS) is 15.4. The predicted octanol–water partition coefficient (Wildman–Crippen LogP) is 3.63. The topological polar surface area (TPSA) is 113 Å². The van der Waals surface area contributed by atoms with Gasteiger partial charge in [-0.15, -0.1) is 0 Å². The summed E-state index contributed by atoms with van der Waals surface area (Å²) in [6, 6.07) is 23.1. The highest BCUT2D eigenvalue weighted by atomic mass is 32.1. The maximum Gasteiger partial charge on any atom is 0.344 e. The Kier molecular flexibility index (Phi) is 9.14. The first-order valence-electron chi connectivity index (χ1n) is 11.7. The van der Waals surface area contributed by atoms with Gasteiger partial charge in [0.1, 0.15) is 12.4 Å². The number of rotatable bonds is 8. The molecule has 3 aromatic rings. The van der Waals surface area contributed by atoms with Gasteiger partial charge in [-0.2, -0.15) is 13.5 Å². The minimum absolute atomic E-state index is 0. The lowest BCUT2D eigenvalue weighted by atomic mass is 9.88. The van der Waals surface area contributed by atoms with Crippen molar-refractivity contribution in [3.05, 3.63) is 101 Å². The Bertz CT molecular complexity index is 1180. The minimum atomic E-state index is -2.20. The molecule has 8 heteroatoms. The van der Waals surface area contributed by atoms with Gasteiger partial charge in [0.2, 0.25) is 5.60 Å². The molecule has 7 nitrogen and oxygen atoms in total. The molecule has 4 N–H and O–H groups in total. The highest BCUT2D eigenvalue weighted by Crippen LogP contribution is 2.30. The summed E-state index contributed by atoms with van der Waals surface area (Å²) in [6.07, 6.45) is 1.75. The van der Waals surface area contributed by atoms with Crippen LogP contribution in [-0.4, -0.2) is 46.7 Å². The van der Waals surface area contributed by atoms with E-state index in [1.165, 1.54) is 17.7 Å². The van der Waals surface area contributed by atoms with Gasteiger partial charge in [0, 0.05) is 25.2 Å². The lowest BCUT2D eigenvalue weighted by Gasteiger charge is -2.32. The number of carboxylic acid groups (broad SMARTS) is 1. The van der Waals surface area contributed by atoms with Gasteiger partial charge >= 0.3 is 5.97 Å². The van der Waals surface area contributed by atoms with Crippen molar-refractivity contribution < 1.29 is 24.5 Å². The van der Waals surface area contributed by atoms with Gasteiger partial charge in [-0.25, -0.2) is 4.79 Å². The fraction of sp³-hybridized carbons (Fsp3) is 0.286. The summed E-state index contributed by atoms with van der Waals surface area (Å²) < 4.78 is 5.65. The molecule has 36 heavy (non-hydrogen) atoms. The first-order chi connectivity index (χ1) is 16.9. The van der Waals surface area contributed by atoms with E-state index in [1.54, 1.807) is 42.5 Å². The number of aliphatic hydroxyl groups is 1. The number of carbonyl (C=O) groups excluding carboxylic acids is 1. The number of hydrogen-bond acceptors (Lipinski definition) is 5. The Labute approximate surface area is 218 Å². The van der Waals surface area contributed by atoms with Crippen LogP contribution in [-0.2, 0) is 16.9 Å². The summed E-state index contributed by atoms with van der Waals surface area (Å²) in [5.74, 6) is -0.788. The molecule has 0 saturated carbocycles. The van der Waals surface area contributed by atoms with Gasteiger partial charge in [-0.05, 0) is 53.6 Å². The Morgan fingerprint density at radius 1 is 0.972 bits per heavy atom. The number of amides is 1. The van der Waals surface area contributed by atoms with Crippen LogP contribution in [0.3, 0.4) is 0 Å². The fourth-order valence-electron chi connectivity index (χ4n) is 4.46. The molecule has 4 rings (SSSR count). The van der Waals surface area contributed by atoms with Crippen molar-refractivity contribution in [3.63, 3.8) is 0 Å². The summed E-state index contributed by atoms with van der Waals surface area (Å²) in [5, 5.41) is 20.4. The van der Waals surface area contributed by atoms with E-state index in [0.717, 1.165) is 18.4 Å². The number of ether oxygens (including phenoxy) is 1. The average molecular weight is 509 g/mol. The smallest absolute Gasteiger partial charge is 0.344 e. The second-order valence-corrected chi connectivity index (χ2v) is 8.86. The molecule has 190 valence electrons. The third kappa shape index (κ3) is 6.07. The molecule has 0 spiro atoms. The van der Waals surface area contributed by atoms with Crippen LogP contribution in [0.5, 0.6) is 5.75 Å². The summed E-state index contributed by atoms with van der Waals surface area (Å²) in [7, 11) is 0. The van der Waals surface area contributed by atoms with E-state index >= 15 is 0 Å². The molecule has 1 amide bonds. The molecule has 1 heterocycles. The molecule has 1 aliphatic heterocycles. The molecule has 3 aromatic carbocycles. The quantitative estimate of drug-likeness (QED) is 0.428. The molecule has 0 aromatic heterocycles. The van der Waals surface area contributed by atoms with E-state index in [9.17, 15) is 19.8 Å². The van der Waals surface area contributed by atoms with Crippen LogP contribution in [0.4, 0.5) is 0 Å². The van der Waals surface area contributed by atoms with Gasteiger partial charge in [-0.1, -0.05) is 60.7 Å². The van der Waals surface area contributed by atoms with Gasteiger partial charge in [0.15, 0.2) is 0 Å². The van der Waals surface area contributed by atoms with E-state index in [0.29, 0.717) is 36.9 Å². The van der Waals surface area contributed by atoms with Crippen molar-refractivity contribution in [2.75, 3.05) is 19.7 Å². The van der Waals surface area contributed by atoms with E-state index in [4.69, 9.17) is 10.5 Å². The van der Waals surface area contributed by atoms with Crippen LogP contribution in [0.15, 0.2) is 78.9 Å². The largest absolute Gasteiger partial charge is 0.490 e. The number of hydrogen-bond donors (Lipinski definition) is 3. The van der Waals surface area contributed by atoms with Crippen molar-refractivity contribution in [1.29, 1.82) is 0 Å². The van der Waals surface area contributed by atoms with Crippen molar-refractivity contribution >= 4 is 25.4 Å². The number of nitrogens with two attached hydrogens (primary N) is 1. The summed E-state index contributed by atoms with van der Waals surface area (Å²) in [6.45, 7) is 1.32. The molecule has 1 saturated heterocycles. The molecule has 0 unspecified atom stereocenters. The second kappa shape index (κ2) is 12.1. The number of aliphatic carboxylic acids is 1. The average Bonchev–Trinajstić information content (AvgIpc) is 2.92. The number of benzene rings is 3. The summed E-state index contributed by atoms with van der Waals surface area (Å²) >= 11 is 0. The summed E-state index contributed by atoms with van der Waals surface area (Å²) in [4.78, 5) is 26.8. The van der Waals surface area contributed by atoms with Crippen LogP contribution in [0.2, 0.25) is 0 Å².